The number of rotatable bonds is 4. The van der Waals surface area contributed by atoms with Gasteiger partial charge in [-0.05, 0) is 114 Å². The molecule has 0 aliphatic carbocycles. The number of benzene rings is 2. The second-order valence-electron chi connectivity index (χ2n) is 15.4. The Morgan fingerprint density at radius 2 is 1.20 bits per heavy atom. The van der Waals surface area contributed by atoms with Crippen molar-refractivity contribution in [3.63, 3.8) is 0 Å². The van der Waals surface area contributed by atoms with Crippen LogP contribution in [0.2, 0.25) is 0 Å². The second kappa shape index (κ2) is 16.0. The minimum Gasteiger partial charge on any atom is -0.469 e. The van der Waals surface area contributed by atoms with Crippen LogP contribution in [-0.2, 0) is 39.5 Å². The fraction of sp³-hybridized carbons (Fsp3) is 0.390. The van der Waals surface area contributed by atoms with Gasteiger partial charge >= 0.3 is 18.2 Å². The molecular formula is C41H51N7O6. The standard InChI is InChI=1S/C22H27N3O4.C19H24N4O2/c1-22(2,3)29-21(27)25-9-8-16(12-17-13-24(4)14-23-17)18-10-15(6-7-19(18)25)11-20(26)28-5;1-19(2,3)25-18(24)23-8-7-13(9-15-11-22(4)12-21-15)16-10-14(20)5-6-17(16)23/h6-7,10,12-14H,8-9,11H2,1-5H3;5-6,9-12H,7-8,20H2,1-4H3/b16-12+;13-9+. The van der Waals surface area contributed by atoms with Crippen LogP contribution in [-0.4, -0.2) is 68.7 Å². The van der Waals surface area contributed by atoms with E-state index in [0.717, 1.165) is 50.6 Å². The van der Waals surface area contributed by atoms with E-state index < -0.39 is 11.2 Å². The summed E-state index contributed by atoms with van der Waals surface area (Å²) in [7, 11) is 5.23. The summed E-state index contributed by atoms with van der Waals surface area (Å²) in [4.78, 5) is 49.1. The van der Waals surface area contributed by atoms with Crippen molar-refractivity contribution < 1.29 is 28.6 Å². The van der Waals surface area contributed by atoms with Gasteiger partial charge in [0.05, 0.1) is 48.9 Å². The van der Waals surface area contributed by atoms with E-state index in [1.807, 2.05) is 120 Å². The number of nitrogens with zero attached hydrogens (tertiary/aromatic N) is 6. The second-order valence-corrected chi connectivity index (χ2v) is 15.4. The lowest BCUT2D eigenvalue weighted by molar-refractivity contribution is -0.139. The summed E-state index contributed by atoms with van der Waals surface area (Å²) in [6.45, 7) is 12.2. The Hall–Kier alpha value is -5.85. The molecule has 13 heteroatoms. The van der Waals surface area contributed by atoms with Gasteiger partial charge in [0.25, 0.3) is 0 Å². The number of anilines is 3. The van der Waals surface area contributed by atoms with E-state index in [0.29, 0.717) is 31.6 Å². The molecule has 4 heterocycles. The van der Waals surface area contributed by atoms with Crippen molar-refractivity contribution in [2.75, 3.05) is 35.7 Å². The fourth-order valence-electron chi connectivity index (χ4n) is 6.13. The maximum Gasteiger partial charge on any atom is 0.414 e. The Kier molecular flexibility index (Phi) is 11.7. The van der Waals surface area contributed by atoms with Crippen molar-refractivity contribution in [1.82, 2.24) is 19.1 Å². The van der Waals surface area contributed by atoms with E-state index in [9.17, 15) is 14.4 Å². The number of aromatic nitrogens is 4. The first-order valence-electron chi connectivity index (χ1n) is 17.9. The summed E-state index contributed by atoms with van der Waals surface area (Å²) in [5.74, 6) is -0.306. The summed E-state index contributed by atoms with van der Waals surface area (Å²) in [5.41, 5.74) is 13.7. The normalized spacial score (nSPS) is 15.6. The number of nitrogens with two attached hydrogens (primary N) is 1. The van der Waals surface area contributed by atoms with Gasteiger partial charge in [-0.1, -0.05) is 6.07 Å². The first-order valence-corrected chi connectivity index (χ1v) is 17.9. The van der Waals surface area contributed by atoms with Gasteiger partial charge in [-0.25, -0.2) is 19.6 Å². The van der Waals surface area contributed by atoms with E-state index in [1.165, 1.54) is 7.11 Å². The number of esters is 1. The van der Waals surface area contributed by atoms with Crippen molar-refractivity contribution in [3.8, 4) is 0 Å². The van der Waals surface area contributed by atoms with Gasteiger partial charge in [0.2, 0.25) is 0 Å². The van der Waals surface area contributed by atoms with E-state index in [4.69, 9.17) is 19.9 Å². The number of aryl methyl sites for hydroxylation is 2. The number of hydrogen-bond acceptors (Lipinski definition) is 9. The first-order chi connectivity index (χ1) is 25.4. The summed E-state index contributed by atoms with van der Waals surface area (Å²) in [6, 6.07) is 11.2. The monoisotopic (exact) mass is 737 g/mol. The van der Waals surface area contributed by atoms with Gasteiger partial charge < -0.3 is 29.1 Å². The largest absolute Gasteiger partial charge is 0.469 e. The number of methoxy groups -OCH3 is 1. The number of nitrogen functional groups attached to an aromatic ring is 1. The maximum absolute atomic E-state index is 12.7. The lowest BCUT2D eigenvalue weighted by atomic mass is 9.92. The van der Waals surface area contributed by atoms with E-state index in [1.54, 1.807) is 28.5 Å². The summed E-state index contributed by atoms with van der Waals surface area (Å²) < 4.78 is 19.7. The van der Waals surface area contributed by atoms with Crippen molar-refractivity contribution in [2.24, 2.45) is 14.1 Å². The number of imidazole rings is 2. The third-order valence-corrected chi connectivity index (χ3v) is 8.46. The Labute approximate surface area is 317 Å². The molecule has 13 nitrogen and oxygen atoms in total. The Bertz CT molecular complexity index is 2080. The molecule has 0 fully saturated rings. The van der Waals surface area contributed by atoms with Gasteiger partial charge in [0.1, 0.15) is 11.2 Å². The molecule has 2 aliphatic rings. The Morgan fingerprint density at radius 1 is 0.741 bits per heavy atom. The molecule has 286 valence electrons. The Morgan fingerprint density at radius 3 is 1.63 bits per heavy atom. The molecule has 2 aromatic carbocycles. The highest BCUT2D eigenvalue weighted by Gasteiger charge is 2.31. The van der Waals surface area contributed by atoms with Crippen molar-refractivity contribution in [1.29, 1.82) is 0 Å². The molecule has 0 saturated heterocycles. The molecule has 0 bridgehead atoms. The fourth-order valence-corrected chi connectivity index (χ4v) is 6.13. The van der Waals surface area contributed by atoms with Gasteiger partial charge in [0.15, 0.2) is 0 Å². The molecule has 0 spiro atoms. The number of hydrogen-bond donors (Lipinski definition) is 1. The predicted octanol–water partition coefficient (Wildman–Crippen LogP) is 7.51. The van der Waals surface area contributed by atoms with Crippen LogP contribution in [0.4, 0.5) is 26.7 Å². The van der Waals surface area contributed by atoms with Crippen molar-refractivity contribution in [3.05, 3.63) is 89.5 Å². The smallest absolute Gasteiger partial charge is 0.414 e. The molecule has 2 amide bonds. The molecule has 2 aliphatic heterocycles. The molecule has 0 saturated carbocycles. The first kappa shape index (κ1) is 39.4. The maximum atomic E-state index is 12.7. The molecule has 2 N–H and O–H groups in total. The molecule has 0 unspecified atom stereocenters. The van der Waals surface area contributed by atoms with Crippen LogP contribution < -0.4 is 15.5 Å². The summed E-state index contributed by atoms with van der Waals surface area (Å²) in [6.07, 6.45) is 12.3. The van der Waals surface area contributed by atoms with E-state index in [2.05, 4.69) is 9.97 Å². The van der Waals surface area contributed by atoms with E-state index in [-0.39, 0.29) is 24.6 Å². The van der Waals surface area contributed by atoms with E-state index >= 15 is 0 Å². The van der Waals surface area contributed by atoms with Gasteiger partial charge in [-0.2, -0.15) is 0 Å². The number of amides is 2. The molecule has 6 rings (SSSR count). The molecule has 54 heavy (non-hydrogen) atoms. The Balaban J connectivity index is 0.000000210. The molecular weight excluding hydrogens is 686 g/mol. The highest BCUT2D eigenvalue weighted by atomic mass is 16.6. The number of ether oxygens (including phenoxy) is 3. The zero-order valence-electron chi connectivity index (χ0n) is 32.7. The molecule has 4 aromatic rings. The average molecular weight is 738 g/mol. The van der Waals surface area contributed by atoms with Crippen LogP contribution in [0.3, 0.4) is 0 Å². The lowest BCUT2D eigenvalue weighted by Crippen LogP contribution is -2.39. The third kappa shape index (κ3) is 10.2. The van der Waals surface area contributed by atoms with Crippen LogP contribution in [0.15, 0.2) is 61.4 Å². The van der Waals surface area contributed by atoms with Crippen LogP contribution in [0.5, 0.6) is 0 Å². The quantitative estimate of drug-likeness (QED) is 0.128. The van der Waals surface area contributed by atoms with Crippen LogP contribution in [0.25, 0.3) is 23.3 Å². The molecule has 0 radical (unpaired) electrons. The van der Waals surface area contributed by atoms with Crippen LogP contribution >= 0.6 is 0 Å². The van der Waals surface area contributed by atoms with Crippen LogP contribution in [0.1, 0.15) is 82.5 Å². The summed E-state index contributed by atoms with van der Waals surface area (Å²) in [5, 5.41) is 0. The number of carbonyl (C=O) groups is 3. The van der Waals surface area contributed by atoms with Crippen molar-refractivity contribution >= 4 is 58.5 Å². The average Bonchev–Trinajstić information content (AvgIpc) is 3.70. The molecule has 2 aromatic heterocycles. The van der Waals surface area contributed by atoms with Crippen LogP contribution in [0, 0.1) is 0 Å². The topological polar surface area (TPSA) is 147 Å². The SMILES string of the molecule is COC(=O)Cc1ccc2c(c1)/C(=C/c1cn(C)cn1)CCN2C(=O)OC(C)(C)C.Cn1cnc(/C=C2\CCN(C(=O)OC(C)(C)C)c3ccc(N)cc32)c1. The summed E-state index contributed by atoms with van der Waals surface area (Å²) >= 11 is 0. The zero-order valence-corrected chi connectivity index (χ0v) is 32.7. The minimum absolute atomic E-state index is 0.174. The highest BCUT2D eigenvalue weighted by Crippen LogP contribution is 2.39. The van der Waals surface area contributed by atoms with Gasteiger partial charge in [-0.15, -0.1) is 0 Å². The highest BCUT2D eigenvalue weighted by molar-refractivity contribution is 5.99. The van der Waals surface area contributed by atoms with Gasteiger partial charge in [-0.3, -0.25) is 14.6 Å². The minimum atomic E-state index is -0.577. The number of fused-ring (bicyclic) bond motifs is 2. The lowest BCUT2D eigenvalue weighted by Gasteiger charge is -2.33. The molecule has 0 atom stereocenters. The zero-order chi connectivity index (χ0) is 39.4. The van der Waals surface area contributed by atoms with Gasteiger partial charge in [0, 0.05) is 56.4 Å². The van der Waals surface area contributed by atoms with Crippen molar-refractivity contribution in [2.45, 2.75) is 72.0 Å². The third-order valence-electron chi connectivity index (χ3n) is 8.46. The number of carbonyl (C=O) groups excluding carboxylic acids is 3. The predicted molar refractivity (Wildman–Crippen MR) is 212 cm³/mol.